The molecule has 0 nitrogen and oxygen atoms in total. The molecule has 0 bridgehead atoms. The third kappa shape index (κ3) is 2.12. The molecule has 1 aliphatic rings. The Morgan fingerprint density at radius 3 is 1.89 bits per heavy atom. The lowest BCUT2D eigenvalue weighted by Gasteiger charge is -1.87. The Labute approximate surface area is 54.6 Å². The van der Waals surface area contributed by atoms with Gasteiger partial charge >= 0.3 is 0 Å². The maximum absolute atomic E-state index is 11.8. The van der Waals surface area contributed by atoms with Crippen LogP contribution >= 0.6 is 0 Å². The highest BCUT2D eigenvalue weighted by atomic mass is 19.3. The Bertz CT molecular complexity index is 88.9. The first kappa shape index (κ1) is 8.60. The van der Waals surface area contributed by atoms with Gasteiger partial charge in [0.1, 0.15) is 0 Å². The van der Waals surface area contributed by atoms with E-state index in [2.05, 4.69) is 13.2 Å². The molecule has 0 N–H and O–H groups in total. The van der Waals surface area contributed by atoms with Crippen LogP contribution in [0.4, 0.5) is 8.78 Å². The lowest BCUT2D eigenvalue weighted by atomic mass is 10.3. The predicted octanol–water partition coefficient (Wildman–Crippen LogP) is 2.85. The van der Waals surface area contributed by atoms with Crippen molar-refractivity contribution in [3.05, 3.63) is 13.2 Å². The van der Waals surface area contributed by atoms with Crippen molar-refractivity contribution in [1.29, 1.82) is 0 Å². The molecule has 54 valence electrons. The monoisotopic (exact) mass is 134 g/mol. The third-order valence-corrected chi connectivity index (χ3v) is 1.45. The molecule has 1 aliphatic carbocycles. The molecule has 1 saturated carbocycles. The normalized spacial score (nSPS) is 28.1. The van der Waals surface area contributed by atoms with Crippen LogP contribution in [0.1, 0.15) is 19.8 Å². The standard InChI is InChI=1S/C5H8F2.C2H4/c1-2-4-3-5(4,6)7;1-2/h4H,2-3H2,1H3;1-2H2. The minimum Gasteiger partial charge on any atom is -0.207 e. The second kappa shape index (κ2) is 2.95. The molecule has 0 spiro atoms. The first-order valence-electron chi connectivity index (χ1n) is 3.04. The van der Waals surface area contributed by atoms with E-state index in [9.17, 15) is 8.78 Å². The van der Waals surface area contributed by atoms with Crippen LogP contribution in [0.25, 0.3) is 0 Å². The Balaban J connectivity index is 0.000000291. The summed E-state index contributed by atoms with van der Waals surface area (Å²) in [6.45, 7) is 7.80. The average Bonchev–Trinajstić information content (AvgIpc) is 2.45. The molecule has 0 saturated heterocycles. The van der Waals surface area contributed by atoms with Crippen molar-refractivity contribution in [3.63, 3.8) is 0 Å². The van der Waals surface area contributed by atoms with Crippen molar-refractivity contribution >= 4 is 0 Å². The van der Waals surface area contributed by atoms with Gasteiger partial charge in [-0.1, -0.05) is 6.92 Å². The van der Waals surface area contributed by atoms with Crippen LogP contribution in [0.2, 0.25) is 0 Å². The number of halogens is 2. The summed E-state index contributed by atoms with van der Waals surface area (Å²) >= 11 is 0. The van der Waals surface area contributed by atoms with Crippen LogP contribution in [-0.4, -0.2) is 5.92 Å². The highest BCUT2D eigenvalue weighted by molar-refractivity contribution is 4.93. The molecular formula is C7H12F2. The summed E-state index contributed by atoms with van der Waals surface area (Å²) in [5, 5.41) is 0. The predicted molar refractivity (Wildman–Crippen MR) is 34.6 cm³/mol. The Hall–Kier alpha value is -0.400. The molecule has 0 aromatic rings. The van der Waals surface area contributed by atoms with E-state index >= 15 is 0 Å². The summed E-state index contributed by atoms with van der Waals surface area (Å²) in [7, 11) is 0. The van der Waals surface area contributed by atoms with Gasteiger partial charge in [0.2, 0.25) is 0 Å². The molecule has 2 heteroatoms. The summed E-state index contributed by atoms with van der Waals surface area (Å²) in [5.74, 6) is -2.57. The highest BCUT2D eigenvalue weighted by Gasteiger charge is 2.55. The van der Waals surface area contributed by atoms with Gasteiger partial charge in [0.25, 0.3) is 5.92 Å². The van der Waals surface area contributed by atoms with Crippen LogP contribution in [0.15, 0.2) is 13.2 Å². The van der Waals surface area contributed by atoms with Gasteiger partial charge in [0, 0.05) is 12.3 Å². The lowest BCUT2D eigenvalue weighted by Crippen LogP contribution is -1.90. The molecule has 9 heavy (non-hydrogen) atoms. The zero-order valence-electron chi connectivity index (χ0n) is 5.66. The summed E-state index contributed by atoms with van der Waals surface area (Å²) in [6, 6.07) is 0. The number of hydrogen-bond acceptors (Lipinski definition) is 0. The van der Waals surface area contributed by atoms with Crippen LogP contribution < -0.4 is 0 Å². The maximum Gasteiger partial charge on any atom is 0.251 e. The minimum atomic E-state index is -2.28. The van der Waals surface area contributed by atoms with Gasteiger partial charge in [-0.05, 0) is 6.42 Å². The summed E-state index contributed by atoms with van der Waals surface area (Å²) in [4.78, 5) is 0. The summed E-state index contributed by atoms with van der Waals surface area (Å²) in [6.07, 6.45) is 0.760. The fraction of sp³-hybridized carbons (Fsp3) is 0.714. The average molecular weight is 134 g/mol. The fourth-order valence-corrected chi connectivity index (χ4v) is 0.713. The van der Waals surface area contributed by atoms with E-state index in [0.29, 0.717) is 6.42 Å². The molecule has 1 fully saturated rings. The van der Waals surface area contributed by atoms with Gasteiger partial charge in [-0.2, -0.15) is 0 Å². The second-order valence-corrected chi connectivity index (χ2v) is 2.07. The largest absolute Gasteiger partial charge is 0.251 e. The number of hydrogen-bond donors (Lipinski definition) is 0. The van der Waals surface area contributed by atoms with E-state index in [1.165, 1.54) is 0 Å². The van der Waals surface area contributed by atoms with Gasteiger partial charge in [0.05, 0.1) is 0 Å². The molecule has 0 heterocycles. The zero-order chi connectivity index (χ0) is 7.49. The molecule has 0 aromatic heterocycles. The van der Waals surface area contributed by atoms with Gasteiger partial charge in [-0.15, -0.1) is 13.2 Å². The molecule has 1 atom stereocenters. The lowest BCUT2D eigenvalue weighted by molar-refractivity contribution is 0.0981. The molecule has 0 amide bonds. The van der Waals surface area contributed by atoms with E-state index in [1.54, 1.807) is 6.92 Å². The first-order chi connectivity index (χ1) is 4.17. The topological polar surface area (TPSA) is 0 Å². The van der Waals surface area contributed by atoms with E-state index < -0.39 is 5.92 Å². The fourth-order valence-electron chi connectivity index (χ4n) is 0.713. The number of alkyl halides is 2. The van der Waals surface area contributed by atoms with Crippen molar-refractivity contribution in [3.8, 4) is 0 Å². The molecule has 0 radical (unpaired) electrons. The summed E-state index contributed by atoms with van der Waals surface area (Å²) in [5.41, 5.74) is 0. The van der Waals surface area contributed by atoms with Crippen molar-refractivity contribution < 1.29 is 8.78 Å². The maximum atomic E-state index is 11.8. The van der Waals surface area contributed by atoms with E-state index in [0.717, 1.165) is 0 Å². The minimum absolute atomic E-state index is 0.128. The van der Waals surface area contributed by atoms with Crippen molar-refractivity contribution in [2.45, 2.75) is 25.7 Å². The molecular weight excluding hydrogens is 122 g/mol. The number of rotatable bonds is 1. The Morgan fingerprint density at radius 2 is 1.89 bits per heavy atom. The molecule has 0 aromatic carbocycles. The van der Waals surface area contributed by atoms with E-state index in [-0.39, 0.29) is 12.3 Å². The van der Waals surface area contributed by atoms with Gasteiger partial charge in [-0.3, -0.25) is 0 Å². The highest BCUT2D eigenvalue weighted by Crippen LogP contribution is 2.50. The Kier molecular flexibility index (Phi) is 2.82. The van der Waals surface area contributed by atoms with E-state index in [1.807, 2.05) is 0 Å². The quantitative estimate of drug-likeness (QED) is 0.484. The zero-order valence-corrected chi connectivity index (χ0v) is 5.66. The van der Waals surface area contributed by atoms with Crippen LogP contribution in [0.5, 0.6) is 0 Å². The first-order valence-corrected chi connectivity index (χ1v) is 3.04. The van der Waals surface area contributed by atoms with Crippen LogP contribution in [-0.2, 0) is 0 Å². The smallest absolute Gasteiger partial charge is 0.207 e. The van der Waals surface area contributed by atoms with Crippen molar-refractivity contribution in [1.82, 2.24) is 0 Å². The van der Waals surface area contributed by atoms with Crippen molar-refractivity contribution in [2.75, 3.05) is 0 Å². The molecule has 1 rings (SSSR count). The van der Waals surface area contributed by atoms with E-state index in [4.69, 9.17) is 0 Å². The van der Waals surface area contributed by atoms with Gasteiger partial charge < -0.3 is 0 Å². The van der Waals surface area contributed by atoms with Crippen LogP contribution in [0.3, 0.4) is 0 Å². The SMILES string of the molecule is C=C.CCC1CC1(F)F. The molecule has 1 unspecified atom stereocenters. The van der Waals surface area contributed by atoms with Gasteiger partial charge in [0.15, 0.2) is 0 Å². The Morgan fingerprint density at radius 1 is 1.56 bits per heavy atom. The third-order valence-electron chi connectivity index (χ3n) is 1.45. The van der Waals surface area contributed by atoms with Crippen molar-refractivity contribution in [2.24, 2.45) is 5.92 Å². The molecule has 0 aliphatic heterocycles. The van der Waals surface area contributed by atoms with Gasteiger partial charge in [-0.25, -0.2) is 8.78 Å². The summed E-state index contributed by atoms with van der Waals surface area (Å²) < 4.78 is 23.6. The second-order valence-electron chi connectivity index (χ2n) is 2.07. The van der Waals surface area contributed by atoms with Crippen LogP contribution in [0, 0.1) is 5.92 Å².